The van der Waals surface area contributed by atoms with Gasteiger partial charge in [0.2, 0.25) is 0 Å². The Balaban J connectivity index is 2.46. The lowest BCUT2D eigenvalue weighted by Crippen LogP contribution is -2.42. The number of nitrogens with zero attached hydrogens (tertiary/aromatic N) is 2. The van der Waals surface area contributed by atoms with Gasteiger partial charge in [-0.3, -0.25) is 0 Å². The number of thioether (sulfide) groups is 1. The molecule has 0 aliphatic carbocycles. The van der Waals surface area contributed by atoms with Crippen molar-refractivity contribution < 1.29 is 9.53 Å². The molecule has 0 aliphatic heterocycles. The van der Waals surface area contributed by atoms with Crippen LogP contribution in [0.2, 0.25) is 0 Å². The number of benzene rings is 1. The van der Waals surface area contributed by atoms with Crippen molar-refractivity contribution in [2.45, 2.75) is 45.3 Å². The summed E-state index contributed by atoms with van der Waals surface area (Å²) in [5.41, 5.74) is 2.92. The molecule has 1 aromatic heterocycles. The van der Waals surface area contributed by atoms with Gasteiger partial charge >= 0.3 is 6.09 Å². The van der Waals surface area contributed by atoms with Gasteiger partial charge in [0, 0.05) is 11.1 Å². The van der Waals surface area contributed by atoms with Crippen LogP contribution in [-0.4, -0.2) is 27.9 Å². The van der Waals surface area contributed by atoms with Crippen LogP contribution in [0.25, 0.3) is 11.3 Å². The van der Waals surface area contributed by atoms with E-state index in [0.717, 1.165) is 11.1 Å². The Bertz CT molecular complexity index is 737. The first kappa shape index (κ1) is 18.3. The van der Waals surface area contributed by atoms with E-state index < -0.39 is 6.09 Å². The lowest BCUT2D eigenvalue weighted by molar-refractivity contribution is 0.190. The van der Waals surface area contributed by atoms with Crippen LogP contribution in [0, 0.1) is 13.8 Å². The summed E-state index contributed by atoms with van der Waals surface area (Å²) in [6.07, 6.45) is 1.40. The molecule has 1 N–H and O–H groups in total. The monoisotopic (exact) mass is 345 g/mol. The summed E-state index contributed by atoms with van der Waals surface area (Å²) >= 11 is 1.45. The van der Waals surface area contributed by atoms with E-state index in [1.807, 2.05) is 65.1 Å². The fraction of sp³-hybridized carbons (Fsp3) is 0.389. The molecular formula is C18H23N3O2S. The molecule has 128 valence electrons. The largest absolute Gasteiger partial charge is 0.413 e. The van der Waals surface area contributed by atoms with E-state index in [1.54, 1.807) is 0 Å². The van der Waals surface area contributed by atoms with Crippen LogP contribution in [0.15, 0.2) is 29.4 Å². The molecule has 0 unspecified atom stereocenters. The van der Waals surface area contributed by atoms with Gasteiger partial charge in [-0.1, -0.05) is 41.6 Å². The van der Waals surface area contributed by atoms with E-state index >= 15 is 0 Å². The number of aromatic nitrogens is 2. The van der Waals surface area contributed by atoms with E-state index in [-0.39, 0.29) is 5.54 Å². The summed E-state index contributed by atoms with van der Waals surface area (Å²) < 4.78 is 5.55. The summed E-state index contributed by atoms with van der Waals surface area (Å²) in [6, 6.07) is 7.94. The zero-order valence-electron chi connectivity index (χ0n) is 14.9. The first-order chi connectivity index (χ1) is 11.2. The summed E-state index contributed by atoms with van der Waals surface area (Å²) in [7, 11) is 0. The molecule has 0 saturated carbocycles. The Morgan fingerprint density at radius 1 is 1.12 bits per heavy atom. The molecule has 2 rings (SSSR count). The lowest BCUT2D eigenvalue weighted by atomic mass is 10.1. The number of aryl methyl sites for hydroxylation is 2. The fourth-order valence-corrected chi connectivity index (χ4v) is 2.49. The van der Waals surface area contributed by atoms with Crippen molar-refractivity contribution in [3.63, 3.8) is 0 Å². The fourth-order valence-electron chi connectivity index (χ4n) is 2.08. The molecule has 1 amide bonds. The molecule has 0 spiro atoms. The second-order valence-electron chi connectivity index (χ2n) is 6.60. The average molecular weight is 345 g/mol. The SMILES string of the molecule is CSc1nc(C)c(OC(=O)NC(C)(C)C)c(-c2ccc(C)cc2)n1. The van der Waals surface area contributed by atoms with Gasteiger partial charge in [0.1, 0.15) is 5.69 Å². The number of nitrogens with one attached hydrogen (secondary N) is 1. The summed E-state index contributed by atoms with van der Waals surface area (Å²) in [5.74, 6) is 0.387. The van der Waals surface area contributed by atoms with Gasteiger partial charge in [-0.25, -0.2) is 14.8 Å². The maximum atomic E-state index is 12.2. The van der Waals surface area contributed by atoms with E-state index in [1.165, 1.54) is 11.8 Å². The van der Waals surface area contributed by atoms with Crippen LogP contribution in [-0.2, 0) is 0 Å². The third-order valence-electron chi connectivity index (χ3n) is 3.19. The van der Waals surface area contributed by atoms with Gasteiger partial charge in [0.25, 0.3) is 0 Å². The number of hydrogen-bond acceptors (Lipinski definition) is 5. The molecule has 0 bridgehead atoms. The molecule has 1 aromatic carbocycles. The van der Waals surface area contributed by atoms with Gasteiger partial charge < -0.3 is 10.1 Å². The maximum absolute atomic E-state index is 12.2. The van der Waals surface area contributed by atoms with E-state index in [2.05, 4.69) is 15.3 Å². The van der Waals surface area contributed by atoms with Crippen LogP contribution in [0.1, 0.15) is 32.0 Å². The highest BCUT2D eigenvalue weighted by molar-refractivity contribution is 7.98. The summed E-state index contributed by atoms with van der Waals surface area (Å²) in [5, 5.41) is 3.43. The van der Waals surface area contributed by atoms with Crippen LogP contribution in [0.4, 0.5) is 4.79 Å². The van der Waals surface area contributed by atoms with Crippen LogP contribution in [0.3, 0.4) is 0 Å². The molecule has 0 saturated heterocycles. The van der Waals surface area contributed by atoms with Gasteiger partial charge in [-0.05, 0) is 40.9 Å². The molecule has 5 nitrogen and oxygen atoms in total. The third kappa shape index (κ3) is 4.71. The maximum Gasteiger partial charge on any atom is 0.413 e. The standard InChI is InChI=1S/C18H23N3O2S/c1-11-7-9-13(10-8-11)14-15(12(2)19-16(20-14)24-6)23-17(22)21-18(3,4)5/h7-10H,1-6H3,(H,21,22). The zero-order valence-corrected chi connectivity index (χ0v) is 15.7. The van der Waals surface area contributed by atoms with Crippen molar-refractivity contribution >= 4 is 17.9 Å². The van der Waals surface area contributed by atoms with Crippen LogP contribution < -0.4 is 10.1 Å². The van der Waals surface area contributed by atoms with Crippen LogP contribution in [0.5, 0.6) is 5.75 Å². The first-order valence-electron chi connectivity index (χ1n) is 7.69. The molecule has 6 heteroatoms. The number of amides is 1. The molecule has 0 atom stereocenters. The Morgan fingerprint density at radius 2 is 1.75 bits per heavy atom. The van der Waals surface area contributed by atoms with E-state index in [4.69, 9.17) is 4.74 Å². The molecule has 0 radical (unpaired) electrons. The number of ether oxygens (including phenoxy) is 1. The van der Waals surface area contributed by atoms with Crippen molar-refractivity contribution in [3.8, 4) is 17.0 Å². The first-order valence-corrected chi connectivity index (χ1v) is 8.92. The predicted octanol–water partition coefficient (Wildman–Crippen LogP) is 4.37. The Kier molecular flexibility index (Phi) is 5.49. The minimum Gasteiger partial charge on any atom is -0.406 e. The third-order valence-corrected chi connectivity index (χ3v) is 3.74. The zero-order chi connectivity index (χ0) is 17.9. The number of carbonyl (C=O) groups is 1. The summed E-state index contributed by atoms with van der Waals surface area (Å²) in [4.78, 5) is 21.1. The van der Waals surface area contributed by atoms with Crippen molar-refractivity contribution in [2.24, 2.45) is 0 Å². The van der Waals surface area contributed by atoms with Crippen LogP contribution >= 0.6 is 11.8 Å². The lowest BCUT2D eigenvalue weighted by Gasteiger charge is -2.21. The van der Waals surface area contributed by atoms with Crippen molar-refractivity contribution in [1.82, 2.24) is 15.3 Å². The second kappa shape index (κ2) is 7.21. The molecular weight excluding hydrogens is 322 g/mol. The van der Waals surface area contributed by atoms with Gasteiger partial charge in [-0.15, -0.1) is 0 Å². The topological polar surface area (TPSA) is 64.1 Å². The highest BCUT2D eigenvalue weighted by Crippen LogP contribution is 2.32. The Hall–Kier alpha value is -2.08. The minimum atomic E-state index is -0.514. The second-order valence-corrected chi connectivity index (χ2v) is 7.38. The smallest absolute Gasteiger partial charge is 0.406 e. The minimum absolute atomic E-state index is 0.380. The van der Waals surface area contributed by atoms with Crippen molar-refractivity contribution in [2.75, 3.05) is 6.26 Å². The number of carbonyl (C=O) groups excluding carboxylic acids is 1. The van der Waals surface area contributed by atoms with Gasteiger partial charge in [0.05, 0.1) is 5.69 Å². The average Bonchev–Trinajstić information content (AvgIpc) is 2.48. The van der Waals surface area contributed by atoms with Crippen molar-refractivity contribution in [3.05, 3.63) is 35.5 Å². The van der Waals surface area contributed by atoms with E-state index in [9.17, 15) is 4.79 Å². The quantitative estimate of drug-likeness (QED) is 0.661. The molecule has 24 heavy (non-hydrogen) atoms. The Labute approximate surface area is 147 Å². The van der Waals surface area contributed by atoms with Gasteiger partial charge in [-0.2, -0.15) is 0 Å². The molecule has 0 aliphatic rings. The molecule has 0 fully saturated rings. The number of hydrogen-bond donors (Lipinski definition) is 1. The van der Waals surface area contributed by atoms with E-state index in [0.29, 0.717) is 22.3 Å². The summed E-state index contributed by atoms with van der Waals surface area (Å²) in [6.45, 7) is 9.54. The number of rotatable bonds is 3. The predicted molar refractivity (Wildman–Crippen MR) is 97.6 cm³/mol. The Morgan fingerprint density at radius 3 is 2.29 bits per heavy atom. The van der Waals surface area contributed by atoms with Gasteiger partial charge in [0.15, 0.2) is 10.9 Å². The highest BCUT2D eigenvalue weighted by atomic mass is 32.2. The highest BCUT2D eigenvalue weighted by Gasteiger charge is 2.21. The van der Waals surface area contributed by atoms with Crippen molar-refractivity contribution in [1.29, 1.82) is 0 Å². The molecule has 2 aromatic rings. The normalized spacial score (nSPS) is 11.2. The molecule has 1 heterocycles.